The van der Waals surface area contributed by atoms with Gasteiger partial charge < -0.3 is 10.4 Å². The van der Waals surface area contributed by atoms with Gasteiger partial charge in [0.05, 0.1) is 4.90 Å². The lowest BCUT2D eigenvalue weighted by Gasteiger charge is -2.11. The molecule has 0 atom stereocenters. The number of phenols is 1. The van der Waals surface area contributed by atoms with Gasteiger partial charge in [-0.1, -0.05) is 15.9 Å². The van der Waals surface area contributed by atoms with E-state index in [9.17, 15) is 13.5 Å². The van der Waals surface area contributed by atoms with E-state index in [0.717, 1.165) is 4.47 Å². The second-order valence-electron chi connectivity index (χ2n) is 4.31. The number of primary sulfonamides is 1. The molecule has 4 N–H and O–H groups in total. The van der Waals surface area contributed by atoms with Crippen molar-refractivity contribution in [3.8, 4) is 5.75 Å². The summed E-state index contributed by atoms with van der Waals surface area (Å²) in [4.78, 5) is 0.0326. The van der Waals surface area contributed by atoms with Crippen molar-refractivity contribution < 1.29 is 13.5 Å². The van der Waals surface area contributed by atoms with Gasteiger partial charge >= 0.3 is 0 Å². The highest BCUT2D eigenvalue weighted by Crippen LogP contribution is 2.27. The van der Waals surface area contributed by atoms with Crippen LogP contribution in [0.2, 0.25) is 0 Å². The highest BCUT2D eigenvalue weighted by molar-refractivity contribution is 9.10. The van der Waals surface area contributed by atoms with Crippen LogP contribution in [0.5, 0.6) is 5.75 Å². The predicted molar refractivity (Wildman–Crippen MR) is 88.6 cm³/mol. The van der Waals surface area contributed by atoms with Crippen molar-refractivity contribution in [2.24, 2.45) is 5.14 Å². The number of nitrogens with two attached hydrogens (primary N) is 1. The summed E-state index contributed by atoms with van der Waals surface area (Å²) in [7, 11) is -3.73. The number of phenolic OH excluding ortho intramolecular Hbond substituents is 1. The summed E-state index contributed by atoms with van der Waals surface area (Å²) >= 11 is 6.63. The molecule has 0 amide bonds. The number of hydrogen-bond donors (Lipinski definition) is 3. The topological polar surface area (TPSA) is 92.4 Å². The summed E-state index contributed by atoms with van der Waals surface area (Å²) in [6.45, 7) is 0.387. The molecule has 0 heterocycles. The van der Waals surface area contributed by atoms with Crippen molar-refractivity contribution in [1.29, 1.82) is 0 Å². The van der Waals surface area contributed by atoms with Crippen LogP contribution in [0.4, 0.5) is 5.69 Å². The molecular weight excluding hydrogens is 424 g/mol. The molecule has 0 saturated carbocycles. The largest absolute Gasteiger partial charge is 0.508 e. The maximum Gasteiger partial charge on any atom is 0.238 e. The summed E-state index contributed by atoms with van der Waals surface area (Å²) in [6.07, 6.45) is 0. The van der Waals surface area contributed by atoms with Gasteiger partial charge in [-0.25, -0.2) is 13.6 Å². The molecule has 112 valence electrons. The minimum Gasteiger partial charge on any atom is -0.508 e. The van der Waals surface area contributed by atoms with E-state index in [1.165, 1.54) is 12.1 Å². The Morgan fingerprint density at radius 1 is 1.14 bits per heavy atom. The number of benzene rings is 2. The monoisotopic (exact) mass is 434 g/mol. The molecule has 5 nitrogen and oxygen atoms in total. The fourth-order valence-electron chi connectivity index (χ4n) is 1.70. The Bertz CT molecular complexity index is 779. The Morgan fingerprint density at radius 3 is 2.48 bits per heavy atom. The van der Waals surface area contributed by atoms with Gasteiger partial charge in [0, 0.05) is 26.7 Å². The Hall–Kier alpha value is -1.09. The third kappa shape index (κ3) is 4.19. The van der Waals surface area contributed by atoms with E-state index in [4.69, 9.17) is 5.14 Å². The van der Waals surface area contributed by atoms with Crippen LogP contribution in [0.15, 0.2) is 50.2 Å². The minimum absolute atomic E-state index is 0.0326. The van der Waals surface area contributed by atoms with Gasteiger partial charge in [-0.15, -0.1) is 0 Å². The Morgan fingerprint density at radius 2 is 1.86 bits per heavy atom. The maximum absolute atomic E-state index is 11.3. The lowest BCUT2D eigenvalue weighted by atomic mass is 10.2. The molecule has 2 aromatic carbocycles. The second-order valence-corrected chi connectivity index (χ2v) is 7.64. The van der Waals surface area contributed by atoms with E-state index < -0.39 is 10.0 Å². The fraction of sp³-hybridized carbons (Fsp3) is 0.0769. The van der Waals surface area contributed by atoms with Gasteiger partial charge in [-0.2, -0.15) is 0 Å². The third-order valence-electron chi connectivity index (χ3n) is 2.78. The summed E-state index contributed by atoms with van der Waals surface area (Å²) in [5.74, 6) is 0.183. The number of sulfonamides is 1. The van der Waals surface area contributed by atoms with Gasteiger partial charge in [0.25, 0.3) is 0 Å². The number of anilines is 1. The van der Waals surface area contributed by atoms with E-state index in [1.54, 1.807) is 24.3 Å². The van der Waals surface area contributed by atoms with Crippen molar-refractivity contribution in [3.63, 3.8) is 0 Å². The molecule has 2 aromatic rings. The molecule has 8 heteroatoms. The average Bonchev–Trinajstić information content (AvgIpc) is 2.40. The quantitative estimate of drug-likeness (QED) is 0.687. The van der Waals surface area contributed by atoms with Crippen LogP contribution in [-0.2, 0) is 16.6 Å². The SMILES string of the molecule is NS(=O)(=O)c1ccc(NCc2cc(Br)ccc2O)c(Br)c1. The highest BCUT2D eigenvalue weighted by atomic mass is 79.9. The Labute approximate surface area is 139 Å². The van der Waals surface area contributed by atoms with Gasteiger partial charge in [0.15, 0.2) is 0 Å². The second kappa shape index (κ2) is 6.35. The summed E-state index contributed by atoms with van der Waals surface area (Å²) in [5.41, 5.74) is 1.41. The van der Waals surface area contributed by atoms with Gasteiger partial charge in [-0.05, 0) is 52.3 Å². The van der Waals surface area contributed by atoms with Crippen molar-refractivity contribution in [2.75, 3.05) is 5.32 Å². The molecule has 0 bridgehead atoms. The maximum atomic E-state index is 11.3. The molecular formula is C13H12Br2N2O3S. The van der Waals surface area contributed by atoms with Crippen molar-refractivity contribution in [1.82, 2.24) is 0 Å². The van der Waals surface area contributed by atoms with Gasteiger partial charge in [0.2, 0.25) is 10.0 Å². The lowest BCUT2D eigenvalue weighted by Crippen LogP contribution is -2.12. The standard InChI is InChI=1S/C13H12Br2N2O3S/c14-9-1-4-13(18)8(5-9)7-17-12-3-2-10(6-11(12)15)21(16,19)20/h1-6,17-18H,7H2,(H2,16,19,20). The Balaban J connectivity index is 2.19. The number of rotatable bonds is 4. The van der Waals surface area contributed by atoms with Crippen molar-refractivity contribution >= 4 is 47.6 Å². The summed E-state index contributed by atoms with van der Waals surface area (Å²) in [5, 5.41) is 17.9. The molecule has 0 unspecified atom stereocenters. The lowest BCUT2D eigenvalue weighted by molar-refractivity contribution is 0.469. The van der Waals surface area contributed by atoms with Gasteiger partial charge in [0.1, 0.15) is 5.75 Å². The summed E-state index contributed by atoms with van der Waals surface area (Å²) < 4.78 is 23.9. The predicted octanol–water partition coefficient (Wildman–Crippen LogP) is 3.18. The molecule has 0 aliphatic heterocycles. The first-order chi connectivity index (χ1) is 9.77. The molecule has 0 aliphatic carbocycles. The molecule has 0 radical (unpaired) electrons. The first-order valence-corrected chi connectivity index (χ1v) is 8.94. The van der Waals surface area contributed by atoms with Crippen molar-refractivity contribution in [2.45, 2.75) is 11.4 Å². The fourth-order valence-corrected chi connectivity index (χ4v) is 3.32. The van der Waals surface area contributed by atoms with Gasteiger partial charge in [-0.3, -0.25) is 0 Å². The van der Waals surface area contributed by atoms with Crippen LogP contribution in [0.1, 0.15) is 5.56 Å². The zero-order chi connectivity index (χ0) is 15.6. The minimum atomic E-state index is -3.73. The van der Waals surface area contributed by atoms with Crippen LogP contribution < -0.4 is 10.5 Å². The molecule has 2 rings (SSSR count). The van der Waals surface area contributed by atoms with Crippen LogP contribution in [-0.4, -0.2) is 13.5 Å². The zero-order valence-corrected chi connectivity index (χ0v) is 14.7. The molecule has 21 heavy (non-hydrogen) atoms. The molecule has 0 fully saturated rings. The first-order valence-electron chi connectivity index (χ1n) is 5.81. The molecule has 0 saturated heterocycles. The highest BCUT2D eigenvalue weighted by Gasteiger charge is 2.10. The van der Waals surface area contributed by atoms with Crippen LogP contribution >= 0.6 is 31.9 Å². The van der Waals surface area contributed by atoms with E-state index in [-0.39, 0.29) is 10.6 Å². The normalized spacial score (nSPS) is 11.4. The zero-order valence-electron chi connectivity index (χ0n) is 10.7. The van der Waals surface area contributed by atoms with E-state index in [0.29, 0.717) is 22.3 Å². The van der Waals surface area contributed by atoms with Crippen LogP contribution in [0.3, 0.4) is 0 Å². The number of hydrogen-bond acceptors (Lipinski definition) is 4. The number of nitrogens with one attached hydrogen (secondary N) is 1. The molecule has 0 aromatic heterocycles. The third-order valence-corrected chi connectivity index (χ3v) is 4.84. The Kier molecular flexibility index (Phi) is 4.92. The van der Waals surface area contributed by atoms with E-state index in [2.05, 4.69) is 37.2 Å². The van der Waals surface area contributed by atoms with Crippen LogP contribution in [0.25, 0.3) is 0 Å². The molecule has 0 spiro atoms. The van der Waals surface area contributed by atoms with E-state index in [1.807, 2.05) is 0 Å². The van der Waals surface area contributed by atoms with Crippen LogP contribution in [0, 0.1) is 0 Å². The number of halogens is 2. The molecule has 0 aliphatic rings. The van der Waals surface area contributed by atoms with E-state index >= 15 is 0 Å². The number of aromatic hydroxyl groups is 1. The summed E-state index contributed by atoms with van der Waals surface area (Å²) in [6, 6.07) is 9.60. The smallest absolute Gasteiger partial charge is 0.238 e. The first kappa shape index (κ1) is 16.3. The van der Waals surface area contributed by atoms with Crippen molar-refractivity contribution in [3.05, 3.63) is 50.9 Å². The average molecular weight is 436 g/mol.